The molecule has 1 saturated heterocycles. The van der Waals surface area contributed by atoms with Crippen molar-refractivity contribution in [3.63, 3.8) is 0 Å². The van der Waals surface area contributed by atoms with Crippen LogP contribution in [0, 0.1) is 0 Å². The molecular weight excluding hydrogens is 354 g/mol. The zero-order chi connectivity index (χ0) is 19.6. The van der Waals surface area contributed by atoms with Gasteiger partial charge in [-0.15, -0.1) is 0 Å². The van der Waals surface area contributed by atoms with Crippen molar-refractivity contribution < 1.29 is 14.4 Å². The molecule has 0 atom stereocenters. The molecule has 0 aromatic heterocycles. The number of carbonyl (C=O) groups is 3. The fraction of sp³-hybridized carbons (Fsp3) is 0.318. The van der Waals surface area contributed by atoms with Crippen LogP contribution in [-0.4, -0.2) is 29.3 Å². The zero-order valence-electron chi connectivity index (χ0n) is 15.6. The van der Waals surface area contributed by atoms with E-state index in [1.54, 1.807) is 12.1 Å². The van der Waals surface area contributed by atoms with Gasteiger partial charge in [-0.25, -0.2) is 4.79 Å². The van der Waals surface area contributed by atoms with Crippen LogP contribution < -0.4 is 10.6 Å². The second-order valence-electron chi connectivity index (χ2n) is 7.52. The number of anilines is 1. The minimum Gasteiger partial charge on any atom is -0.337 e. The Bertz CT molecular complexity index is 873. The molecule has 2 aromatic carbocycles. The number of nitrogens with zero attached hydrogens (tertiary/aromatic N) is 1. The quantitative estimate of drug-likeness (QED) is 0.759. The van der Waals surface area contributed by atoms with E-state index in [0.717, 1.165) is 18.4 Å². The predicted octanol–water partition coefficient (Wildman–Crippen LogP) is 3.19. The van der Waals surface area contributed by atoms with Gasteiger partial charge in [0.2, 0.25) is 11.8 Å². The molecule has 6 heteroatoms. The maximum absolute atomic E-state index is 12.2. The Morgan fingerprint density at radius 2 is 1.57 bits per heavy atom. The highest BCUT2D eigenvalue weighted by atomic mass is 16.2. The third kappa shape index (κ3) is 3.91. The highest BCUT2D eigenvalue weighted by molar-refractivity contribution is 6.01. The van der Waals surface area contributed by atoms with Crippen LogP contribution in [0.5, 0.6) is 0 Å². The SMILES string of the molecule is O=C(NCC1(c2ccccc2)CC1)Nc1ccc(CN2C(=O)CCC2=O)cc1. The van der Waals surface area contributed by atoms with Crippen molar-refractivity contribution in [2.75, 3.05) is 11.9 Å². The van der Waals surface area contributed by atoms with Crippen LogP contribution in [0.15, 0.2) is 54.6 Å². The van der Waals surface area contributed by atoms with Gasteiger partial charge >= 0.3 is 6.03 Å². The number of nitrogens with one attached hydrogen (secondary N) is 2. The van der Waals surface area contributed by atoms with Gasteiger partial charge in [0.05, 0.1) is 6.54 Å². The third-order valence-electron chi connectivity index (χ3n) is 5.53. The Morgan fingerprint density at radius 3 is 2.18 bits per heavy atom. The van der Waals surface area contributed by atoms with E-state index in [1.165, 1.54) is 10.5 Å². The summed E-state index contributed by atoms with van der Waals surface area (Å²) >= 11 is 0. The maximum Gasteiger partial charge on any atom is 0.319 e. The summed E-state index contributed by atoms with van der Waals surface area (Å²) in [6.45, 7) is 0.893. The molecule has 1 aliphatic heterocycles. The van der Waals surface area contributed by atoms with E-state index in [4.69, 9.17) is 0 Å². The van der Waals surface area contributed by atoms with Crippen LogP contribution >= 0.6 is 0 Å². The van der Waals surface area contributed by atoms with E-state index in [-0.39, 0.29) is 29.8 Å². The number of urea groups is 1. The van der Waals surface area contributed by atoms with Crippen LogP contribution in [0.2, 0.25) is 0 Å². The Balaban J connectivity index is 1.29. The molecule has 0 radical (unpaired) electrons. The van der Waals surface area contributed by atoms with Crippen LogP contribution in [0.25, 0.3) is 0 Å². The van der Waals surface area contributed by atoms with Gasteiger partial charge in [0.1, 0.15) is 0 Å². The Labute approximate surface area is 163 Å². The zero-order valence-corrected chi connectivity index (χ0v) is 15.6. The topological polar surface area (TPSA) is 78.5 Å². The van der Waals surface area contributed by atoms with Crippen molar-refractivity contribution in [1.29, 1.82) is 0 Å². The molecule has 2 N–H and O–H groups in total. The van der Waals surface area contributed by atoms with Gasteiger partial charge in [-0.3, -0.25) is 14.5 Å². The van der Waals surface area contributed by atoms with Gasteiger partial charge in [-0.1, -0.05) is 42.5 Å². The van der Waals surface area contributed by atoms with Gasteiger partial charge in [0, 0.05) is 30.5 Å². The van der Waals surface area contributed by atoms with Crippen molar-refractivity contribution in [3.05, 3.63) is 65.7 Å². The summed E-state index contributed by atoms with van der Waals surface area (Å²) in [5, 5.41) is 5.80. The largest absolute Gasteiger partial charge is 0.337 e. The van der Waals surface area contributed by atoms with E-state index < -0.39 is 0 Å². The predicted molar refractivity (Wildman–Crippen MR) is 106 cm³/mol. The third-order valence-corrected chi connectivity index (χ3v) is 5.53. The molecule has 4 amide bonds. The number of rotatable bonds is 6. The van der Waals surface area contributed by atoms with Crippen LogP contribution in [0.1, 0.15) is 36.8 Å². The van der Waals surface area contributed by atoms with E-state index in [9.17, 15) is 14.4 Å². The second kappa shape index (κ2) is 7.46. The molecule has 0 unspecified atom stereocenters. The summed E-state index contributed by atoms with van der Waals surface area (Å²) in [4.78, 5) is 36.9. The number of imide groups is 1. The fourth-order valence-electron chi connectivity index (χ4n) is 3.61. The highest BCUT2D eigenvalue weighted by Crippen LogP contribution is 2.47. The summed E-state index contributed by atoms with van der Waals surface area (Å²) in [6, 6.07) is 17.2. The molecule has 0 spiro atoms. The van der Waals surface area contributed by atoms with Gasteiger partial charge in [0.15, 0.2) is 0 Å². The van der Waals surface area contributed by atoms with Crippen molar-refractivity contribution in [3.8, 4) is 0 Å². The normalized spacial score (nSPS) is 17.5. The Morgan fingerprint density at radius 1 is 0.929 bits per heavy atom. The van der Waals surface area contributed by atoms with Crippen molar-refractivity contribution in [2.24, 2.45) is 0 Å². The first-order chi connectivity index (χ1) is 13.6. The lowest BCUT2D eigenvalue weighted by Crippen LogP contribution is -2.35. The molecule has 144 valence electrons. The van der Waals surface area contributed by atoms with E-state index in [0.29, 0.717) is 25.1 Å². The van der Waals surface area contributed by atoms with Crippen molar-refractivity contribution in [2.45, 2.75) is 37.6 Å². The average Bonchev–Trinajstić information content (AvgIpc) is 3.45. The number of hydrogen-bond acceptors (Lipinski definition) is 3. The lowest BCUT2D eigenvalue weighted by Gasteiger charge is -2.17. The van der Waals surface area contributed by atoms with Crippen LogP contribution in [0.4, 0.5) is 10.5 Å². The summed E-state index contributed by atoms with van der Waals surface area (Å²) in [6.07, 6.45) is 2.76. The standard InChI is InChI=1S/C22H23N3O3/c26-19-10-11-20(27)25(19)14-16-6-8-18(9-7-16)24-21(28)23-15-22(12-13-22)17-4-2-1-3-5-17/h1-9H,10-15H2,(H2,23,24,28). The molecule has 1 heterocycles. The first kappa shape index (κ1) is 18.2. The first-order valence-electron chi connectivity index (χ1n) is 9.58. The molecular formula is C22H23N3O3. The van der Waals surface area contributed by atoms with E-state index in [1.807, 2.05) is 30.3 Å². The molecule has 0 bridgehead atoms. The molecule has 2 fully saturated rings. The molecule has 28 heavy (non-hydrogen) atoms. The van der Waals surface area contributed by atoms with Gasteiger partial charge in [-0.05, 0) is 36.1 Å². The molecule has 2 aliphatic rings. The minimum atomic E-state index is -0.236. The monoisotopic (exact) mass is 377 g/mol. The Hall–Kier alpha value is -3.15. The lowest BCUT2D eigenvalue weighted by atomic mass is 9.96. The van der Waals surface area contributed by atoms with Gasteiger partial charge in [-0.2, -0.15) is 0 Å². The minimum absolute atomic E-state index is 0.0667. The van der Waals surface area contributed by atoms with E-state index in [2.05, 4.69) is 22.8 Å². The number of likely N-dealkylation sites (tertiary alicyclic amines) is 1. The van der Waals surface area contributed by atoms with Gasteiger partial charge < -0.3 is 10.6 Å². The van der Waals surface area contributed by atoms with Crippen LogP contribution in [-0.2, 0) is 21.5 Å². The molecule has 1 saturated carbocycles. The fourth-order valence-corrected chi connectivity index (χ4v) is 3.61. The summed E-state index contributed by atoms with van der Waals surface area (Å²) < 4.78 is 0. The maximum atomic E-state index is 12.2. The number of hydrogen-bond donors (Lipinski definition) is 2. The number of benzene rings is 2. The second-order valence-corrected chi connectivity index (χ2v) is 7.52. The molecule has 2 aromatic rings. The summed E-state index contributed by atoms with van der Waals surface area (Å²) in [7, 11) is 0. The van der Waals surface area contributed by atoms with Crippen molar-refractivity contribution in [1.82, 2.24) is 10.2 Å². The lowest BCUT2D eigenvalue weighted by molar-refractivity contribution is -0.139. The van der Waals surface area contributed by atoms with Crippen LogP contribution in [0.3, 0.4) is 0 Å². The smallest absolute Gasteiger partial charge is 0.319 e. The molecule has 4 rings (SSSR count). The average molecular weight is 377 g/mol. The number of carbonyl (C=O) groups excluding carboxylic acids is 3. The van der Waals surface area contributed by atoms with E-state index >= 15 is 0 Å². The van der Waals surface area contributed by atoms with Gasteiger partial charge in [0.25, 0.3) is 0 Å². The Kier molecular flexibility index (Phi) is 4.86. The first-order valence-corrected chi connectivity index (χ1v) is 9.58. The number of amides is 4. The summed E-state index contributed by atoms with van der Waals surface area (Å²) in [5.74, 6) is -0.252. The highest BCUT2D eigenvalue weighted by Gasteiger charge is 2.44. The summed E-state index contributed by atoms with van der Waals surface area (Å²) in [5.41, 5.74) is 2.86. The molecule has 6 nitrogen and oxygen atoms in total. The molecule has 1 aliphatic carbocycles. The van der Waals surface area contributed by atoms with Crippen molar-refractivity contribution >= 4 is 23.5 Å².